The van der Waals surface area contributed by atoms with Gasteiger partial charge >= 0.3 is 6.03 Å². The molecule has 1 fully saturated rings. The molecule has 0 saturated heterocycles. The standard InChI is InChI=1S/C21H26N6O/c1-2-10-26-20-17(24-18(25-20)14-6-3-4-7-14)19-23-12-16(13-27(19)21(26)28)15-8-5-9-22-11-15/h5,8-9,11,14,16H,2-4,6-7,10,12-13H2,1H3,(H,24,25). The lowest BCUT2D eigenvalue weighted by Gasteiger charge is -2.39. The summed E-state index contributed by atoms with van der Waals surface area (Å²) in [6, 6.07) is 4.00. The lowest BCUT2D eigenvalue weighted by molar-refractivity contribution is 0.221. The van der Waals surface area contributed by atoms with Gasteiger partial charge < -0.3 is 4.98 Å². The first-order valence-corrected chi connectivity index (χ1v) is 10.4. The maximum atomic E-state index is 13.3. The quantitative estimate of drug-likeness (QED) is 0.882. The zero-order valence-corrected chi connectivity index (χ0v) is 16.3. The second-order valence-electron chi connectivity index (χ2n) is 7.99. The third-order valence-corrected chi connectivity index (χ3v) is 6.11. The third kappa shape index (κ3) is 2.80. The lowest BCUT2D eigenvalue weighted by atomic mass is 9.98. The number of H-pyrrole nitrogens is 1. The van der Waals surface area contributed by atoms with Crippen LogP contribution in [0.15, 0.2) is 29.5 Å². The van der Waals surface area contributed by atoms with Crippen LogP contribution in [-0.2, 0) is 0 Å². The zero-order chi connectivity index (χ0) is 19.1. The first kappa shape index (κ1) is 17.4. The second-order valence-corrected chi connectivity index (χ2v) is 7.99. The van der Waals surface area contributed by atoms with Crippen LogP contribution in [0.3, 0.4) is 0 Å². The van der Waals surface area contributed by atoms with Gasteiger partial charge in [-0.3, -0.25) is 19.8 Å². The molecule has 0 spiro atoms. The van der Waals surface area contributed by atoms with Gasteiger partial charge in [0.1, 0.15) is 11.5 Å². The number of nitrogens with one attached hydrogen (secondary N) is 1. The van der Waals surface area contributed by atoms with Crippen LogP contribution >= 0.6 is 0 Å². The Morgan fingerprint density at radius 2 is 2.11 bits per heavy atom. The van der Waals surface area contributed by atoms with Gasteiger partial charge in [-0.1, -0.05) is 25.8 Å². The van der Waals surface area contributed by atoms with Crippen molar-refractivity contribution < 1.29 is 4.79 Å². The van der Waals surface area contributed by atoms with Crippen LogP contribution in [0.2, 0.25) is 0 Å². The van der Waals surface area contributed by atoms with Gasteiger partial charge in [0.2, 0.25) is 0 Å². The number of nitrogens with zero attached hydrogens (tertiary/aromatic N) is 5. The number of imidazole rings is 1. The average molecular weight is 378 g/mol. The van der Waals surface area contributed by atoms with Crippen LogP contribution in [0.1, 0.15) is 67.9 Å². The highest BCUT2D eigenvalue weighted by Crippen LogP contribution is 2.37. The van der Waals surface area contributed by atoms with Crippen molar-refractivity contribution >= 4 is 17.7 Å². The summed E-state index contributed by atoms with van der Waals surface area (Å²) in [5.74, 6) is 3.19. The van der Waals surface area contributed by atoms with Crippen LogP contribution < -0.4 is 4.90 Å². The van der Waals surface area contributed by atoms with Gasteiger partial charge in [-0.05, 0) is 30.9 Å². The van der Waals surface area contributed by atoms with Crippen LogP contribution in [0.4, 0.5) is 10.6 Å². The maximum absolute atomic E-state index is 13.3. The summed E-state index contributed by atoms with van der Waals surface area (Å²) in [5, 5.41) is 0. The molecule has 0 aromatic carbocycles. The Balaban J connectivity index is 1.53. The molecule has 2 aliphatic heterocycles. The van der Waals surface area contributed by atoms with E-state index in [1.165, 1.54) is 25.7 Å². The predicted molar refractivity (Wildman–Crippen MR) is 108 cm³/mol. The highest BCUT2D eigenvalue weighted by Gasteiger charge is 2.41. The topological polar surface area (TPSA) is 77.5 Å². The maximum Gasteiger partial charge on any atom is 0.331 e. The molecule has 7 nitrogen and oxygen atoms in total. The van der Waals surface area contributed by atoms with E-state index < -0.39 is 0 Å². The number of carbonyl (C=O) groups excluding carboxylic acids is 1. The minimum atomic E-state index is -0.00818. The summed E-state index contributed by atoms with van der Waals surface area (Å²) in [5.41, 5.74) is 2.04. The number of carbonyl (C=O) groups is 1. The molecule has 2 amide bonds. The molecule has 0 radical (unpaired) electrons. The Bertz CT molecular complexity index is 899. The number of aliphatic imine (C=N–C) groups is 1. The number of hydrogen-bond donors (Lipinski definition) is 1. The molecule has 1 atom stereocenters. The fraction of sp³-hybridized carbons (Fsp3) is 0.524. The minimum absolute atomic E-state index is 0.00818. The van der Waals surface area contributed by atoms with Crippen LogP contribution in [0, 0.1) is 0 Å². The predicted octanol–water partition coefficient (Wildman–Crippen LogP) is 3.66. The number of fused-ring (bicyclic) bond motifs is 3. The van der Waals surface area contributed by atoms with E-state index in [9.17, 15) is 4.79 Å². The number of aromatic amines is 1. The normalized spacial score (nSPS) is 22.2. The Morgan fingerprint density at radius 1 is 1.25 bits per heavy atom. The van der Waals surface area contributed by atoms with E-state index >= 15 is 0 Å². The van der Waals surface area contributed by atoms with Crippen LogP contribution in [0.25, 0.3) is 0 Å². The Hall–Kier alpha value is -2.70. The van der Waals surface area contributed by atoms with Gasteiger partial charge in [0.15, 0.2) is 11.7 Å². The fourth-order valence-electron chi connectivity index (χ4n) is 4.64. The average Bonchev–Trinajstić information content (AvgIpc) is 3.41. The van der Waals surface area contributed by atoms with E-state index in [1.54, 1.807) is 6.20 Å². The van der Waals surface area contributed by atoms with E-state index in [0.717, 1.165) is 35.2 Å². The minimum Gasteiger partial charge on any atom is -0.337 e. The van der Waals surface area contributed by atoms with Crippen molar-refractivity contribution in [2.75, 3.05) is 24.5 Å². The van der Waals surface area contributed by atoms with E-state index in [1.807, 2.05) is 22.1 Å². The second kappa shape index (κ2) is 7.04. The third-order valence-electron chi connectivity index (χ3n) is 6.11. The summed E-state index contributed by atoms with van der Waals surface area (Å²) in [6.07, 6.45) is 9.41. The Kier molecular flexibility index (Phi) is 4.37. The SMILES string of the molecule is CCCN1C(=O)N2CC(c3cccnc3)CN=C2c2[nH]c(C3CCCC3)nc21. The smallest absolute Gasteiger partial charge is 0.331 e. The monoisotopic (exact) mass is 378 g/mol. The molecule has 1 saturated carbocycles. The van der Waals surface area contributed by atoms with E-state index in [-0.39, 0.29) is 11.9 Å². The van der Waals surface area contributed by atoms with Crippen molar-refractivity contribution in [1.82, 2.24) is 19.9 Å². The first-order valence-electron chi connectivity index (χ1n) is 10.4. The van der Waals surface area contributed by atoms with Crippen LogP contribution in [-0.4, -0.2) is 51.4 Å². The van der Waals surface area contributed by atoms with Gasteiger partial charge in [-0.2, -0.15) is 0 Å². The van der Waals surface area contributed by atoms with Crippen molar-refractivity contribution in [2.24, 2.45) is 4.99 Å². The molecular weight excluding hydrogens is 352 g/mol. The molecule has 146 valence electrons. The summed E-state index contributed by atoms with van der Waals surface area (Å²) in [4.78, 5) is 34.5. The highest BCUT2D eigenvalue weighted by atomic mass is 16.2. The molecule has 1 aliphatic carbocycles. The highest BCUT2D eigenvalue weighted by molar-refractivity contribution is 6.18. The van der Waals surface area contributed by atoms with Gasteiger partial charge in [0.05, 0.1) is 0 Å². The number of amidine groups is 1. The van der Waals surface area contributed by atoms with Crippen LogP contribution in [0.5, 0.6) is 0 Å². The number of hydrogen-bond acceptors (Lipinski definition) is 4. The molecule has 7 heteroatoms. The molecule has 28 heavy (non-hydrogen) atoms. The molecule has 1 N–H and O–H groups in total. The summed E-state index contributed by atoms with van der Waals surface area (Å²) >= 11 is 0. The number of anilines is 1. The number of urea groups is 1. The van der Waals surface area contributed by atoms with Crippen molar-refractivity contribution in [1.29, 1.82) is 0 Å². The van der Waals surface area contributed by atoms with Gasteiger partial charge in [-0.25, -0.2) is 9.78 Å². The lowest BCUT2D eigenvalue weighted by Crippen LogP contribution is -2.54. The largest absolute Gasteiger partial charge is 0.337 e. The fourth-order valence-corrected chi connectivity index (χ4v) is 4.64. The van der Waals surface area contributed by atoms with Crippen molar-refractivity contribution in [3.05, 3.63) is 41.6 Å². The molecule has 1 unspecified atom stereocenters. The Labute approximate surface area is 164 Å². The molecule has 0 bridgehead atoms. The first-order chi connectivity index (χ1) is 13.8. The molecular formula is C21H26N6O. The number of rotatable bonds is 4. The van der Waals surface area contributed by atoms with Crippen molar-refractivity contribution in [2.45, 2.75) is 50.9 Å². The van der Waals surface area contributed by atoms with Crippen molar-refractivity contribution in [3.8, 4) is 0 Å². The molecule has 3 aliphatic rings. The number of pyridine rings is 1. The van der Waals surface area contributed by atoms with E-state index in [2.05, 4.69) is 23.0 Å². The molecule has 2 aromatic heterocycles. The van der Waals surface area contributed by atoms with E-state index in [4.69, 9.17) is 9.98 Å². The van der Waals surface area contributed by atoms with E-state index in [0.29, 0.717) is 25.6 Å². The summed E-state index contributed by atoms with van der Waals surface area (Å²) in [7, 11) is 0. The Morgan fingerprint density at radius 3 is 2.86 bits per heavy atom. The summed E-state index contributed by atoms with van der Waals surface area (Å²) < 4.78 is 0. The molecule has 5 rings (SSSR count). The molecule has 2 aromatic rings. The van der Waals surface area contributed by atoms with Crippen molar-refractivity contribution in [3.63, 3.8) is 0 Å². The van der Waals surface area contributed by atoms with Gasteiger partial charge in [-0.15, -0.1) is 0 Å². The molecule has 4 heterocycles. The zero-order valence-electron chi connectivity index (χ0n) is 16.3. The van der Waals surface area contributed by atoms with Gasteiger partial charge in [0, 0.05) is 43.9 Å². The summed E-state index contributed by atoms with van der Waals surface area (Å²) in [6.45, 7) is 4.05. The number of aromatic nitrogens is 3. The number of amides is 2. The van der Waals surface area contributed by atoms with Gasteiger partial charge in [0.25, 0.3) is 0 Å².